The van der Waals surface area contributed by atoms with Crippen molar-refractivity contribution < 1.29 is 8.83 Å². The van der Waals surface area contributed by atoms with Gasteiger partial charge in [0.15, 0.2) is 17.5 Å². The van der Waals surface area contributed by atoms with Gasteiger partial charge in [-0.2, -0.15) is 0 Å². The molecule has 6 nitrogen and oxygen atoms in total. The number of rotatable bonds is 4. The quantitative estimate of drug-likeness (QED) is 0.186. The van der Waals surface area contributed by atoms with Gasteiger partial charge in [-0.15, -0.1) is 0 Å². The maximum absolute atomic E-state index is 6.88. The van der Waals surface area contributed by atoms with Crippen LogP contribution in [0.4, 0.5) is 0 Å². The molecule has 4 heterocycles. The number of furan rings is 2. The highest BCUT2D eigenvalue weighted by Gasteiger charge is 2.23. The van der Waals surface area contributed by atoms with Crippen molar-refractivity contribution in [1.29, 1.82) is 0 Å². The molecule has 52 heavy (non-hydrogen) atoms. The van der Waals surface area contributed by atoms with Crippen molar-refractivity contribution in [2.45, 2.75) is 0 Å². The molecule has 0 spiro atoms. The van der Waals surface area contributed by atoms with Gasteiger partial charge in [-0.1, -0.05) is 103 Å². The van der Waals surface area contributed by atoms with E-state index in [4.69, 9.17) is 23.8 Å². The molecule has 0 unspecified atom stereocenters. The minimum Gasteiger partial charge on any atom is -0.456 e. The lowest BCUT2D eigenvalue weighted by atomic mass is 9.94. The van der Waals surface area contributed by atoms with Crippen molar-refractivity contribution in [3.63, 3.8) is 0 Å². The van der Waals surface area contributed by atoms with Crippen molar-refractivity contribution in [1.82, 2.24) is 19.9 Å². The fourth-order valence-electron chi connectivity index (χ4n) is 7.51. The highest BCUT2D eigenvalue weighted by atomic mass is 16.3. The number of hydrogen-bond acceptors (Lipinski definition) is 6. The molecule has 0 amide bonds. The second-order valence-corrected chi connectivity index (χ2v) is 13.0. The molecular formula is C46H26N4O2. The minimum atomic E-state index is 0.564. The van der Waals surface area contributed by atoms with E-state index in [1.165, 1.54) is 0 Å². The van der Waals surface area contributed by atoms with E-state index in [2.05, 4.69) is 83.8 Å². The highest BCUT2D eigenvalue weighted by Crippen LogP contribution is 2.45. The van der Waals surface area contributed by atoms with Crippen molar-refractivity contribution in [2.24, 2.45) is 0 Å². The van der Waals surface area contributed by atoms with E-state index in [9.17, 15) is 0 Å². The molecule has 0 aliphatic rings. The van der Waals surface area contributed by atoms with E-state index >= 15 is 0 Å². The lowest BCUT2D eigenvalue weighted by Crippen LogP contribution is -2.00. The van der Waals surface area contributed by atoms with Gasteiger partial charge in [-0.05, 0) is 58.8 Å². The molecule has 0 saturated heterocycles. The summed E-state index contributed by atoms with van der Waals surface area (Å²) in [5.41, 5.74) is 8.69. The third-order valence-electron chi connectivity index (χ3n) is 9.95. The van der Waals surface area contributed by atoms with Crippen molar-refractivity contribution >= 4 is 65.6 Å². The third-order valence-corrected chi connectivity index (χ3v) is 9.95. The Labute approximate surface area is 296 Å². The Balaban J connectivity index is 1.23. The summed E-state index contributed by atoms with van der Waals surface area (Å²) in [6.45, 7) is 0. The molecular weight excluding hydrogens is 641 g/mol. The van der Waals surface area contributed by atoms with Gasteiger partial charge >= 0.3 is 0 Å². The summed E-state index contributed by atoms with van der Waals surface area (Å²) >= 11 is 0. The van der Waals surface area contributed by atoms with E-state index in [-0.39, 0.29) is 0 Å². The fourth-order valence-corrected chi connectivity index (χ4v) is 7.51. The Bertz CT molecular complexity index is 3200. The smallest absolute Gasteiger partial charge is 0.164 e. The van der Waals surface area contributed by atoms with Gasteiger partial charge in [-0.25, -0.2) is 15.0 Å². The van der Waals surface area contributed by atoms with Gasteiger partial charge in [0.25, 0.3) is 0 Å². The molecule has 4 aromatic heterocycles. The zero-order chi connectivity index (χ0) is 34.2. The first-order chi connectivity index (χ1) is 25.7. The van der Waals surface area contributed by atoms with Crippen LogP contribution < -0.4 is 0 Å². The van der Waals surface area contributed by atoms with Gasteiger partial charge in [0.2, 0.25) is 0 Å². The molecule has 0 saturated carbocycles. The number of para-hydroxylation sites is 1. The van der Waals surface area contributed by atoms with Crippen LogP contribution in [0.2, 0.25) is 0 Å². The summed E-state index contributed by atoms with van der Waals surface area (Å²) < 4.78 is 13.2. The average molecular weight is 667 g/mol. The highest BCUT2D eigenvalue weighted by molar-refractivity contribution is 6.21. The summed E-state index contributed by atoms with van der Waals surface area (Å²) in [5, 5.41) is 7.30. The third kappa shape index (κ3) is 4.44. The van der Waals surface area contributed by atoms with E-state index in [1.807, 2.05) is 79.0 Å². The number of hydrogen-bond donors (Lipinski definition) is 0. The van der Waals surface area contributed by atoms with Crippen LogP contribution in [-0.2, 0) is 0 Å². The zero-order valence-corrected chi connectivity index (χ0v) is 27.6. The van der Waals surface area contributed by atoms with Crippen LogP contribution in [0.25, 0.3) is 111 Å². The van der Waals surface area contributed by atoms with Crippen LogP contribution in [-0.4, -0.2) is 19.9 Å². The van der Waals surface area contributed by atoms with Crippen LogP contribution in [0, 0.1) is 0 Å². The second-order valence-electron chi connectivity index (χ2n) is 13.0. The van der Waals surface area contributed by atoms with E-state index in [1.54, 1.807) is 0 Å². The molecule has 0 N–H and O–H groups in total. The second kappa shape index (κ2) is 11.2. The van der Waals surface area contributed by atoms with Gasteiger partial charge in [-0.3, -0.25) is 4.98 Å². The molecule has 0 radical (unpaired) electrons. The summed E-state index contributed by atoms with van der Waals surface area (Å²) in [4.78, 5) is 20.0. The minimum absolute atomic E-state index is 0.564. The van der Waals surface area contributed by atoms with Crippen LogP contribution >= 0.6 is 0 Å². The summed E-state index contributed by atoms with van der Waals surface area (Å²) in [7, 11) is 0. The summed E-state index contributed by atoms with van der Waals surface area (Å²) in [6.07, 6.45) is 1.81. The van der Waals surface area contributed by atoms with Gasteiger partial charge in [0.05, 0.1) is 5.52 Å². The number of fused-ring (bicyclic) bond motifs is 8. The van der Waals surface area contributed by atoms with Gasteiger partial charge in [0.1, 0.15) is 22.3 Å². The molecule has 0 fully saturated rings. The van der Waals surface area contributed by atoms with Crippen LogP contribution in [0.15, 0.2) is 167 Å². The first-order valence-corrected chi connectivity index (χ1v) is 17.2. The van der Waals surface area contributed by atoms with Crippen LogP contribution in [0.3, 0.4) is 0 Å². The van der Waals surface area contributed by atoms with Crippen molar-refractivity contribution in [3.05, 3.63) is 158 Å². The molecule has 6 heteroatoms. The zero-order valence-electron chi connectivity index (χ0n) is 27.6. The van der Waals surface area contributed by atoms with E-state index in [0.717, 1.165) is 93.4 Å². The Morgan fingerprint density at radius 3 is 2.06 bits per heavy atom. The predicted octanol–water partition coefficient (Wildman–Crippen LogP) is 12.0. The Kier molecular flexibility index (Phi) is 6.15. The maximum atomic E-state index is 6.88. The topological polar surface area (TPSA) is 77.8 Å². The fraction of sp³-hybridized carbons (Fsp3) is 0. The number of nitrogens with zero attached hydrogens (tertiary/aromatic N) is 4. The largest absolute Gasteiger partial charge is 0.456 e. The normalized spacial score (nSPS) is 11.8. The molecule has 0 aliphatic heterocycles. The van der Waals surface area contributed by atoms with Crippen molar-refractivity contribution in [3.8, 4) is 45.3 Å². The van der Waals surface area contributed by atoms with Gasteiger partial charge < -0.3 is 8.83 Å². The monoisotopic (exact) mass is 666 g/mol. The Hall–Kier alpha value is -7.18. The summed E-state index contributed by atoms with van der Waals surface area (Å²) in [6, 6.07) is 51.6. The first kappa shape index (κ1) is 28.6. The van der Waals surface area contributed by atoms with E-state index in [0.29, 0.717) is 17.5 Å². The average Bonchev–Trinajstić information content (AvgIpc) is 3.78. The Morgan fingerprint density at radius 2 is 1.13 bits per heavy atom. The molecule has 7 aromatic carbocycles. The SMILES string of the molecule is c1ccc(-c2nc(-c3ccc4ccccc4c3)nc(-c3ccc(-c4cccc5oc6ccccc6c45)c4oc5cc6ncccc6cc5c34)n2)cc1. The predicted molar refractivity (Wildman–Crippen MR) is 209 cm³/mol. The van der Waals surface area contributed by atoms with Gasteiger partial charge in [0, 0.05) is 61.4 Å². The number of aromatic nitrogens is 4. The molecule has 242 valence electrons. The molecule has 0 bridgehead atoms. The number of pyridine rings is 1. The first-order valence-electron chi connectivity index (χ1n) is 17.2. The molecule has 11 aromatic rings. The van der Waals surface area contributed by atoms with Crippen LogP contribution in [0.1, 0.15) is 0 Å². The lowest BCUT2D eigenvalue weighted by Gasteiger charge is -2.11. The van der Waals surface area contributed by atoms with Crippen LogP contribution in [0.5, 0.6) is 0 Å². The standard InChI is InChI=1S/C46H26N4O2/c1-2-11-28(12-3-1)44-48-45(31-20-19-27-10-4-5-13-29(27)24-31)50-46(49-44)35-22-21-33(32-16-8-18-39-41(32)34-15-6-7-17-38(34)51-39)43-42(35)36-25-30-14-9-23-47-37(30)26-40(36)52-43/h1-26H. The Morgan fingerprint density at radius 1 is 0.385 bits per heavy atom. The maximum Gasteiger partial charge on any atom is 0.164 e. The number of benzene rings is 7. The lowest BCUT2D eigenvalue weighted by molar-refractivity contribution is 0.669. The summed E-state index contributed by atoms with van der Waals surface area (Å²) in [5.74, 6) is 1.77. The molecule has 0 atom stereocenters. The molecule has 11 rings (SSSR count). The van der Waals surface area contributed by atoms with E-state index < -0.39 is 0 Å². The van der Waals surface area contributed by atoms with Crippen molar-refractivity contribution in [2.75, 3.05) is 0 Å². The molecule has 0 aliphatic carbocycles.